The Balaban J connectivity index is 4.19. The summed E-state index contributed by atoms with van der Waals surface area (Å²) >= 11 is 0. The SMILES string of the molecule is CCCCCCCC/C=C/CCCCCCCCCC(=O)OC[C@H](COP(=O)(O)OC[C@H](N)C(=O)O)OC(=O)CCCCCCCCCCCCCCCCCCCCCCCC. The first-order valence-corrected chi connectivity index (χ1v) is 27.7. The number of hydrogen-bond donors (Lipinski definition) is 3. The molecule has 0 radical (unpaired) electrons. The van der Waals surface area contributed by atoms with E-state index >= 15 is 0 Å². The fourth-order valence-corrected chi connectivity index (χ4v) is 8.43. The van der Waals surface area contributed by atoms with Gasteiger partial charge in [0.25, 0.3) is 0 Å². The number of carbonyl (C=O) groups excluding carboxylic acids is 2. The van der Waals surface area contributed by atoms with Gasteiger partial charge in [-0.2, -0.15) is 0 Å². The molecular weight excluding hydrogens is 818 g/mol. The lowest BCUT2D eigenvalue weighted by molar-refractivity contribution is -0.161. The first kappa shape index (κ1) is 61.2. The Bertz CT molecular complexity index is 1120. The van der Waals surface area contributed by atoms with Crippen molar-refractivity contribution in [3.05, 3.63) is 12.2 Å². The van der Waals surface area contributed by atoms with Crippen LogP contribution in [0.15, 0.2) is 12.2 Å². The molecule has 63 heavy (non-hydrogen) atoms. The highest BCUT2D eigenvalue weighted by Gasteiger charge is 2.28. The van der Waals surface area contributed by atoms with Gasteiger partial charge in [-0.15, -0.1) is 0 Å². The van der Waals surface area contributed by atoms with Gasteiger partial charge >= 0.3 is 25.7 Å². The van der Waals surface area contributed by atoms with Gasteiger partial charge in [-0.05, 0) is 38.5 Å². The van der Waals surface area contributed by atoms with Crippen molar-refractivity contribution in [1.29, 1.82) is 0 Å². The minimum absolute atomic E-state index is 0.167. The number of ether oxygens (including phenoxy) is 2. The average Bonchev–Trinajstić information content (AvgIpc) is 3.26. The van der Waals surface area contributed by atoms with E-state index in [1.807, 2.05) is 0 Å². The lowest BCUT2D eigenvalue weighted by Gasteiger charge is -2.20. The van der Waals surface area contributed by atoms with Crippen LogP contribution in [0.5, 0.6) is 0 Å². The molecule has 0 saturated carbocycles. The molecule has 0 aromatic carbocycles. The Morgan fingerprint density at radius 2 is 0.794 bits per heavy atom. The van der Waals surface area contributed by atoms with Crippen molar-refractivity contribution in [2.24, 2.45) is 5.73 Å². The molecule has 0 aliphatic carbocycles. The van der Waals surface area contributed by atoms with Crippen LogP contribution in [0.3, 0.4) is 0 Å². The molecule has 0 saturated heterocycles. The molecule has 0 bridgehead atoms. The number of hydrogen-bond acceptors (Lipinski definition) is 9. The fourth-order valence-electron chi connectivity index (χ4n) is 7.65. The van der Waals surface area contributed by atoms with Gasteiger partial charge in [-0.1, -0.05) is 225 Å². The zero-order chi connectivity index (χ0) is 46.3. The number of unbranched alkanes of at least 4 members (excludes halogenated alkanes) is 34. The Hall–Kier alpha value is -1.78. The maximum Gasteiger partial charge on any atom is 0.472 e. The van der Waals surface area contributed by atoms with Gasteiger partial charge in [0, 0.05) is 12.8 Å². The second kappa shape index (κ2) is 46.7. The van der Waals surface area contributed by atoms with Crippen LogP contribution in [-0.2, 0) is 37.5 Å². The molecule has 12 heteroatoms. The zero-order valence-corrected chi connectivity index (χ0v) is 41.6. The molecule has 0 spiro atoms. The Morgan fingerprint density at radius 1 is 0.476 bits per heavy atom. The molecule has 0 aliphatic rings. The number of carboxylic acid groups (broad SMARTS) is 1. The summed E-state index contributed by atoms with van der Waals surface area (Å²) in [7, 11) is -4.72. The molecule has 4 N–H and O–H groups in total. The van der Waals surface area contributed by atoms with Crippen LogP contribution in [0.1, 0.15) is 264 Å². The van der Waals surface area contributed by atoms with Crippen molar-refractivity contribution in [3.63, 3.8) is 0 Å². The monoisotopic (exact) mass is 916 g/mol. The van der Waals surface area contributed by atoms with Crippen molar-refractivity contribution in [1.82, 2.24) is 0 Å². The molecule has 0 heterocycles. The lowest BCUT2D eigenvalue weighted by Crippen LogP contribution is -2.34. The Kier molecular flexibility index (Phi) is 45.4. The summed E-state index contributed by atoms with van der Waals surface area (Å²) in [6.45, 7) is 2.85. The van der Waals surface area contributed by atoms with Gasteiger partial charge in [0.15, 0.2) is 6.10 Å². The van der Waals surface area contributed by atoms with Crippen molar-refractivity contribution >= 4 is 25.7 Å². The maximum absolute atomic E-state index is 12.7. The number of carbonyl (C=O) groups is 3. The Morgan fingerprint density at radius 3 is 1.16 bits per heavy atom. The van der Waals surface area contributed by atoms with Crippen LogP contribution in [-0.4, -0.2) is 59.9 Å². The highest BCUT2D eigenvalue weighted by atomic mass is 31.2. The van der Waals surface area contributed by atoms with E-state index in [1.54, 1.807) is 0 Å². The summed E-state index contributed by atoms with van der Waals surface area (Å²) in [5.41, 5.74) is 5.35. The largest absolute Gasteiger partial charge is 0.480 e. The lowest BCUT2D eigenvalue weighted by atomic mass is 10.0. The molecular formula is C51H98NO10P. The summed E-state index contributed by atoms with van der Waals surface area (Å²) in [6, 6.07) is -1.52. The van der Waals surface area contributed by atoms with Gasteiger partial charge in [0.05, 0.1) is 13.2 Å². The predicted octanol–water partition coefficient (Wildman–Crippen LogP) is 14.8. The second-order valence-corrected chi connectivity index (χ2v) is 19.5. The summed E-state index contributed by atoms with van der Waals surface area (Å²) in [4.78, 5) is 46.2. The molecule has 0 amide bonds. The Labute approximate surface area is 386 Å². The summed E-state index contributed by atoms with van der Waals surface area (Å²) in [5, 5.41) is 8.92. The zero-order valence-electron chi connectivity index (χ0n) is 40.7. The van der Waals surface area contributed by atoms with Crippen LogP contribution in [0, 0.1) is 0 Å². The first-order chi connectivity index (χ1) is 30.6. The molecule has 0 aromatic rings. The molecule has 0 aliphatic heterocycles. The molecule has 0 fully saturated rings. The highest BCUT2D eigenvalue weighted by Crippen LogP contribution is 2.43. The van der Waals surface area contributed by atoms with Crippen LogP contribution in [0.25, 0.3) is 0 Å². The average molecular weight is 916 g/mol. The number of allylic oxidation sites excluding steroid dienone is 2. The number of rotatable bonds is 50. The predicted molar refractivity (Wildman–Crippen MR) is 259 cm³/mol. The minimum atomic E-state index is -4.72. The topological polar surface area (TPSA) is 172 Å². The van der Waals surface area contributed by atoms with Crippen LogP contribution >= 0.6 is 7.82 Å². The van der Waals surface area contributed by atoms with E-state index in [0.717, 1.165) is 44.9 Å². The molecule has 0 rings (SSSR count). The summed E-state index contributed by atoms with van der Waals surface area (Å²) in [6.07, 6.45) is 49.9. The van der Waals surface area contributed by atoms with E-state index in [1.165, 1.54) is 180 Å². The van der Waals surface area contributed by atoms with Crippen LogP contribution in [0.4, 0.5) is 0 Å². The van der Waals surface area contributed by atoms with Crippen molar-refractivity contribution in [3.8, 4) is 0 Å². The molecule has 372 valence electrons. The van der Waals surface area contributed by atoms with E-state index < -0.39 is 51.1 Å². The van der Waals surface area contributed by atoms with Crippen molar-refractivity contribution in [2.75, 3.05) is 19.8 Å². The van der Waals surface area contributed by atoms with Crippen molar-refractivity contribution < 1.29 is 47.5 Å². The standard InChI is InChI=1S/C51H98NO10P/c1-3-5-7-9-11-13-15-17-19-21-22-23-24-25-27-29-31-33-35-37-39-41-43-50(54)62-47(45-60-63(57,58)61-46-48(52)51(55)56)44-59-49(53)42-40-38-36-34-32-30-28-26-20-18-16-14-12-10-8-6-4-2/h18,20,47-48H,3-17,19,21-46,52H2,1-2H3,(H,55,56)(H,57,58)/b20-18+/t47-,48+/m1/s1. The van der Waals surface area contributed by atoms with Crippen molar-refractivity contribution in [2.45, 2.75) is 276 Å². The summed E-state index contributed by atoms with van der Waals surface area (Å²) < 4.78 is 32.9. The normalized spacial score (nSPS) is 13.6. The van der Waals surface area contributed by atoms with Gasteiger partial charge in [-0.3, -0.25) is 23.4 Å². The molecule has 11 nitrogen and oxygen atoms in total. The van der Waals surface area contributed by atoms with E-state index in [2.05, 4.69) is 30.5 Å². The highest BCUT2D eigenvalue weighted by molar-refractivity contribution is 7.47. The number of nitrogens with two attached hydrogens (primary N) is 1. The molecule has 3 atom stereocenters. The van der Waals surface area contributed by atoms with Crippen LogP contribution in [0.2, 0.25) is 0 Å². The number of aliphatic carboxylic acids is 1. The van der Waals surface area contributed by atoms with Gasteiger partial charge < -0.3 is 25.2 Å². The van der Waals surface area contributed by atoms with E-state index in [0.29, 0.717) is 12.8 Å². The quantitative estimate of drug-likeness (QED) is 0.0229. The number of phosphoric ester groups is 1. The summed E-state index contributed by atoms with van der Waals surface area (Å²) in [5.74, 6) is -2.36. The maximum atomic E-state index is 12.7. The number of carboxylic acids is 1. The van der Waals surface area contributed by atoms with Gasteiger partial charge in [0.1, 0.15) is 12.6 Å². The number of esters is 2. The smallest absolute Gasteiger partial charge is 0.472 e. The van der Waals surface area contributed by atoms with Gasteiger partial charge in [-0.25, -0.2) is 4.57 Å². The minimum Gasteiger partial charge on any atom is -0.480 e. The third-order valence-corrected chi connectivity index (χ3v) is 12.7. The molecule has 0 aromatic heterocycles. The van der Waals surface area contributed by atoms with Gasteiger partial charge in [0.2, 0.25) is 0 Å². The second-order valence-electron chi connectivity index (χ2n) is 18.0. The first-order valence-electron chi connectivity index (χ1n) is 26.2. The van der Waals surface area contributed by atoms with E-state index in [4.69, 9.17) is 24.8 Å². The van der Waals surface area contributed by atoms with E-state index in [9.17, 15) is 23.8 Å². The fraction of sp³-hybridized carbons (Fsp3) is 0.902. The third kappa shape index (κ3) is 46.5. The van der Waals surface area contributed by atoms with E-state index in [-0.39, 0.29) is 19.4 Å². The van der Waals surface area contributed by atoms with Crippen LogP contribution < -0.4 is 5.73 Å². The number of phosphoric acid groups is 1. The molecule has 1 unspecified atom stereocenters. The third-order valence-electron chi connectivity index (χ3n) is 11.8.